The van der Waals surface area contributed by atoms with E-state index < -0.39 is 4.92 Å². The molecule has 0 spiro atoms. The maximum Gasteiger partial charge on any atom is 0.269 e. The van der Waals surface area contributed by atoms with Crippen molar-refractivity contribution in [2.45, 2.75) is 0 Å². The maximum absolute atomic E-state index is 10.5. The predicted molar refractivity (Wildman–Crippen MR) is 76.4 cm³/mol. The molecule has 0 atom stereocenters. The quantitative estimate of drug-likeness (QED) is 0.528. The lowest BCUT2D eigenvalue weighted by Gasteiger charge is -2.08. The molecule has 0 aliphatic heterocycles. The smallest absolute Gasteiger partial charge is 0.269 e. The van der Waals surface area contributed by atoms with Crippen LogP contribution >= 0.6 is 12.2 Å². The maximum atomic E-state index is 10.5. The van der Waals surface area contributed by atoms with Crippen LogP contribution in [0.4, 0.5) is 11.4 Å². The number of nitro benzene ring substituents is 1. The fraction of sp³-hybridized carbons (Fsp3) is 0. The largest absolute Gasteiger partial charge is 0.432 e. The summed E-state index contributed by atoms with van der Waals surface area (Å²) >= 11 is 5.04. The first-order chi connectivity index (χ1) is 9.15. The lowest BCUT2D eigenvalue weighted by Crippen LogP contribution is -2.16. The van der Waals surface area contributed by atoms with Gasteiger partial charge in [-0.1, -0.05) is 18.2 Å². The van der Waals surface area contributed by atoms with Crippen molar-refractivity contribution in [2.24, 2.45) is 0 Å². The number of benzene rings is 2. The molecule has 0 unspecified atom stereocenters. The molecular weight excluding hydrogens is 264 g/mol. The van der Waals surface area contributed by atoms with Crippen LogP contribution in [0, 0.1) is 10.1 Å². The molecule has 0 saturated carbocycles. The van der Waals surface area contributed by atoms with Crippen LogP contribution < -0.4 is 10.1 Å². The van der Waals surface area contributed by atoms with E-state index in [4.69, 9.17) is 17.0 Å². The number of thiocarbonyl (C=S) groups is 1. The third-order valence-corrected chi connectivity index (χ3v) is 2.46. The molecule has 0 aromatic heterocycles. The summed E-state index contributed by atoms with van der Waals surface area (Å²) in [5.41, 5.74) is 0.823. The van der Waals surface area contributed by atoms with Gasteiger partial charge in [0.25, 0.3) is 10.9 Å². The second kappa shape index (κ2) is 5.92. The van der Waals surface area contributed by atoms with Crippen LogP contribution in [0.15, 0.2) is 54.6 Å². The van der Waals surface area contributed by atoms with Gasteiger partial charge in [-0.25, -0.2) is 0 Å². The number of rotatable bonds is 3. The molecular formula is C13H10N2O3S. The highest BCUT2D eigenvalue weighted by Gasteiger charge is 2.06. The monoisotopic (exact) mass is 274 g/mol. The number of non-ortho nitro benzene ring substituents is 1. The third kappa shape index (κ3) is 3.75. The fourth-order valence-corrected chi connectivity index (χ4v) is 1.62. The highest BCUT2D eigenvalue weighted by atomic mass is 32.1. The molecule has 0 saturated heterocycles. The van der Waals surface area contributed by atoms with Gasteiger partial charge in [-0.15, -0.1) is 0 Å². The van der Waals surface area contributed by atoms with Crippen molar-refractivity contribution in [3.63, 3.8) is 0 Å². The first-order valence-corrected chi connectivity index (χ1v) is 5.84. The molecule has 0 bridgehead atoms. The van der Waals surface area contributed by atoms with Crippen molar-refractivity contribution in [1.82, 2.24) is 0 Å². The van der Waals surface area contributed by atoms with Gasteiger partial charge >= 0.3 is 0 Å². The number of anilines is 1. The number of hydrogen-bond donors (Lipinski definition) is 1. The fourth-order valence-electron chi connectivity index (χ4n) is 1.41. The molecule has 0 radical (unpaired) electrons. The standard InChI is InChI=1S/C13H10N2O3S/c16-15(17)11-6-8-12(9-7-11)18-13(19)14-10-4-2-1-3-5-10/h1-9H,(H,14,19). The summed E-state index contributed by atoms with van der Waals surface area (Å²) in [5, 5.41) is 13.6. The second-order valence-corrected chi connectivity index (χ2v) is 4.00. The van der Waals surface area contributed by atoms with E-state index in [1.54, 1.807) is 0 Å². The van der Waals surface area contributed by atoms with E-state index in [2.05, 4.69) is 5.32 Å². The van der Waals surface area contributed by atoms with Crippen molar-refractivity contribution >= 4 is 28.8 Å². The summed E-state index contributed by atoms with van der Waals surface area (Å²) in [5.74, 6) is 0.444. The van der Waals surface area contributed by atoms with E-state index in [9.17, 15) is 10.1 Å². The predicted octanol–water partition coefficient (Wildman–Crippen LogP) is 3.37. The summed E-state index contributed by atoms with van der Waals surface area (Å²) in [6, 6.07) is 15.1. The van der Waals surface area contributed by atoms with Gasteiger partial charge in [0.15, 0.2) is 0 Å². The minimum absolute atomic E-state index is 0.00860. The van der Waals surface area contributed by atoms with Gasteiger partial charge < -0.3 is 10.1 Å². The molecule has 0 heterocycles. The van der Waals surface area contributed by atoms with Crippen LogP contribution in [-0.2, 0) is 0 Å². The Labute approximate surface area is 115 Å². The first kappa shape index (κ1) is 13.0. The summed E-state index contributed by atoms with van der Waals surface area (Å²) in [7, 11) is 0. The van der Waals surface area contributed by atoms with E-state index in [1.807, 2.05) is 30.3 Å². The molecule has 1 N–H and O–H groups in total. The molecule has 0 fully saturated rings. The van der Waals surface area contributed by atoms with Crippen molar-refractivity contribution in [3.05, 3.63) is 64.7 Å². The number of nitrogens with zero attached hydrogens (tertiary/aromatic N) is 1. The van der Waals surface area contributed by atoms with E-state index in [0.717, 1.165) is 5.69 Å². The van der Waals surface area contributed by atoms with Crippen LogP contribution in [0.1, 0.15) is 0 Å². The second-order valence-electron chi connectivity index (χ2n) is 3.63. The lowest BCUT2D eigenvalue weighted by molar-refractivity contribution is -0.384. The van der Waals surface area contributed by atoms with Crippen molar-refractivity contribution < 1.29 is 9.66 Å². The Bertz CT molecular complexity index is 585. The summed E-state index contributed by atoms with van der Waals surface area (Å²) in [6.45, 7) is 0. The van der Waals surface area contributed by atoms with Crippen molar-refractivity contribution in [2.75, 3.05) is 5.32 Å². The van der Waals surface area contributed by atoms with E-state index in [-0.39, 0.29) is 10.9 Å². The minimum Gasteiger partial charge on any atom is -0.432 e. The number of hydrogen-bond acceptors (Lipinski definition) is 4. The Hall–Kier alpha value is -2.47. The Kier molecular flexibility index (Phi) is 4.04. The number of nitro groups is 1. The van der Waals surface area contributed by atoms with Gasteiger partial charge in [0.2, 0.25) is 0 Å². The normalized spacial score (nSPS) is 9.68. The van der Waals surface area contributed by atoms with Crippen LogP contribution in [0.2, 0.25) is 0 Å². The molecule has 96 valence electrons. The van der Waals surface area contributed by atoms with Gasteiger partial charge in [0, 0.05) is 17.8 Å². The third-order valence-electron chi connectivity index (χ3n) is 2.28. The molecule has 0 aliphatic rings. The van der Waals surface area contributed by atoms with Gasteiger partial charge in [-0.3, -0.25) is 10.1 Å². The van der Waals surface area contributed by atoms with Crippen LogP contribution in [0.25, 0.3) is 0 Å². The number of ether oxygens (including phenoxy) is 1. The minimum atomic E-state index is -0.468. The number of para-hydroxylation sites is 1. The SMILES string of the molecule is O=[N+]([O-])c1ccc(OC(=S)Nc2ccccc2)cc1. The van der Waals surface area contributed by atoms with Crippen LogP contribution in [0.5, 0.6) is 5.75 Å². The van der Waals surface area contributed by atoms with Gasteiger partial charge in [-0.05, 0) is 36.5 Å². The average Bonchev–Trinajstić information content (AvgIpc) is 2.40. The molecule has 2 rings (SSSR count). The summed E-state index contributed by atoms with van der Waals surface area (Å²) in [6.07, 6.45) is 0. The number of nitrogens with one attached hydrogen (secondary N) is 1. The zero-order valence-electron chi connectivity index (χ0n) is 9.78. The van der Waals surface area contributed by atoms with E-state index in [1.165, 1.54) is 24.3 Å². The van der Waals surface area contributed by atoms with Crippen LogP contribution in [-0.4, -0.2) is 10.1 Å². The van der Waals surface area contributed by atoms with E-state index in [0.29, 0.717) is 5.75 Å². The molecule has 0 amide bonds. The van der Waals surface area contributed by atoms with Gasteiger partial charge in [0.1, 0.15) is 5.75 Å². The highest BCUT2D eigenvalue weighted by Crippen LogP contribution is 2.18. The van der Waals surface area contributed by atoms with Crippen molar-refractivity contribution in [1.29, 1.82) is 0 Å². The first-order valence-electron chi connectivity index (χ1n) is 5.43. The zero-order valence-corrected chi connectivity index (χ0v) is 10.6. The molecule has 0 aliphatic carbocycles. The lowest BCUT2D eigenvalue weighted by atomic mass is 10.3. The molecule has 6 heteroatoms. The van der Waals surface area contributed by atoms with Crippen molar-refractivity contribution in [3.8, 4) is 5.75 Å². The zero-order chi connectivity index (χ0) is 13.7. The Balaban J connectivity index is 1.97. The topological polar surface area (TPSA) is 64.4 Å². The average molecular weight is 274 g/mol. The Morgan fingerprint density at radius 2 is 1.74 bits per heavy atom. The molecule has 2 aromatic rings. The van der Waals surface area contributed by atoms with E-state index >= 15 is 0 Å². The summed E-state index contributed by atoms with van der Waals surface area (Å²) < 4.78 is 5.35. The van der Waals surface area contributed by atoms with Crippen LogP contribution in [0.3, 0.4) is 0 Å². The Morgan fingerprint density at radius 3 is 2.32 bits per heavy atom. The Morgan fingerprint density at radius 1 is 1.11 bits per heavy atom. The van der Waals surface area contributed by atoms with Gasteiger partial charge in [0.05, 0.1) is 4.92 Å². The highest BCUT2D eigenvalue weighted by molar-refractivity contribution is 7.80. The molecule has 5 nitrogen and oxygen atoms in total. The summed E-state index contributed by atoms with van der Waals surface area (Å²) in [4.78, 5) is 10.0. The van der Waals surface area contributed by atoms with Gasteiger partial charge in [-0.2, -0.15) is 0 Å². The molecule has 19 heavy (non-hydrogen) atoms. The molecule has 2 aromatic carbocycles.